The van der Waals surface area contributed by atoms with Gasteiger partial charge in [-0.3, -0.25) is 0 Å². The highest BCUT2D eigenvalue weighted by Gasteiger charge is 2.24. The molecule has 0 bridgehead atoms. The molecule has 1 heterocycles. The number of rotatable bonds is 1. The molecule has 0 aliphatic carbocycles. The lowest BCUT2D eigenvalue weighted by molar-refractivity contribution is 0.154. The topological polar surface area (TPSA) is 66.6 Å². The van der Waals surface area contributed by atoms with Crippen LogP contribution in [0.3, 0.4) is 0 Å². The maximum atomic E-state index is 10.3. The van der Waals surface area contributed by atoms with E-state index in [0.29, 0.717) is 25.6 Å². The number of amides is 1. The van der Waals surface area contributed by atoms with E-state index < -0.39 is 6.09 Å². The van der Waals surface area contributed by atoms with Crippen molar-refractivity contribution in [3.63, 3.8) is 0 Å². The van der Waals surface area contributed by atoms with Gasteiger partial charge >= 0.3 is 6.09 Å². The summed E-state index contributed by atoms with van der Waals surface area (Å²) >= 11 is 0. The molecule has 0 spiro atoms. The van der Waals surface area contributed by atoms with Gasteiger partial charge < -0.3 is 15.7 Å². The highest BCUT2D eigenvalue weighted by Crippen LogP contribution is 2.13. The van der Waals surface area contributed by atoms with Gasteiger partial charge in [-0.15, -0.1) is 0 Å². The van der Waals surface area contributed by atoms with E-state index in [2.05, 4.69) is 0 Å². The average Bonchev–Trinajstić information content (AvgIpc) is 2.34. The fraction of sp³-hybridized carbons (Fsp3) is 0.833. The van der Waals surface area contributed by atoms with Crippen LogP contribution in [0, 0.1) is 5.92 Å². The molecule has 1 rings (SSSR count). The summed E-state index contributed by atoms with van der Waals surface area (Å²) in [4.78, 5) is 11.8. The van der Waals surface area contributed by atoms with Crippen molar-refractivity contribution < 1.29 is 9.90 Å². The first-order valence-electron chi connectivity index (χ1n) is 3.42. The molecule has 4 nitrogen and oxygen atoms in total. The molecule has 0 aromatic rings. The van der Waals surface area contributed by atoms with Gasteiger partial charge in [-0.05, 0) is 18.9 Å². The molecular weight excluding hydrogens is 132 g/mol. The van der Waals surface area contributed by atoms with Crippen LogP contribution in [0.15, 0.2) is 0 Å². The number of likely N-dealkylation sites (tertiary alicyclic amines) is 1. The minimum atomic E-state index is -0.823. The van der Waals surface area contributed by atoms with Crippen LogP contribution in [0.25, 0.3) is 0 Å². The predicted octanol–water partition coefficient (Wildman–Crippen LogP) is -0.0550. The zero-order valence-electron chi connectivity index (χ0n) is 5.79. The van der Waals surface area contributed by atoms with Crippen LogP contribution in [0.4, 0.5) is 4.79 Å². The van der Waals surface area contributed by atoms with E-state index in [1.165, 1.54) is 4.90 Å². The molecular formula is C6H12N2O2. The molecule has 1 fully saturated rings. The van der Waals surface area contributed by atoms with Gasteiger partial charge in [-0.1, -0.05) is 0 Å². The second-order valence-electron chi connectivity index (χ2n) is 2.62. The van der Waals surface area contributed by atoms with Gasteiger partial charge in [0.15, 0.2) is 0 Å². The quantitative estimate of drug-likeness (QED) is 0.542. The highest BCUT2D eigenvalue weighted by molar-refractivity contribution is 5.65. The number of carbonyl (C=O) groups is 1. The molecule has 58 valence electrons. The molecule has 1 aliphatic heterocycles. The van der Waals surface area contributed by atoms with E-state index in [1.807, 2.05) is 0 Å². The van der Waals surface area contributed by atoms with Crippen LogP contribution in [0.2, 0.25) is 0 Å². The third-order valence-electron chi connectivity index (χ3n) is 1.89. The van der Waals surface area contributed by atoms with Gasteiger partial charge in [0.1, 0.15) is 0 Å². The van der Waals surface area contributed by atoms with Crippen LogP contribution < -0.4 is 5.73 Å². The average molecular weight is 144 g/mol. The summed E-state index contributed by atoms with van der Waals surface area (Å²) in [5, 5.41) is 8.51. The molecule has 3 N–H and O–H groups in total. The zero-order chi connectivity index (χ0) is 7.56. The normalized spacial score (nSPS) is 25.3. The summed E-state index contributed by atoms with van der Waals surface area (Å²) in [6.45, 7) is 1.87. The van der Waals surface area contributed by atoms with E-state index >= 15 is 0 Å². The second kappa shape index (κ2) is 2.88. The van der Waals surface area contributed by atoms with Gasteiger partial charge in [0.25, 0.3) is 0 Å². The molecule has 0 saturated carbocycles. The maximum absolute atomic E-state index is 10.3. The monoisotopic (exact) mass is 144 g/mol. The Kier molecular flexibility index (Phi) is 2.11. The van der Waals surface area contributed by atoms with E-state index in [0.717, 1.165) is 6.42 Å². The van der Waals surface area contributed by atoms with Gasteiger partial charge in [0, 0.05) is 13.1 Å². The molecule has 1 atom stereocenters. The van der Waals surface area contributed by atoms with Gasteiger partial charge in [-0.2, -0.15) is 0 Å². The van der Waals surface area contributed by atoms with Crippen molar-refractivity contribution in [2.45, 2.75) is 6.42 Å². The summed E-state index contributed by atoms with van der Waals surface area (Å²) in [5.74, 6) is 0.385. The lowest BCUT2D eigenvalue weighted by atomic mass is 10.1. The molecule has 10 heavy (non-hydrogen) atoms. The summed E-state index contributed by atoms with van der Waals surface area (Å²) in [5.41, 5.74) is 5.38. The van der Waals surface area contributed by atoms with Crippen molar-refractivity contribution in [2.75, 3.05) is 19.6 Å². The standard InChI is InChI=1S/C6H12N2O2/c7-3-5-1-2-8(4-5)6(9)10/h5H,1-4,7H2,(H,9,10)/t5-/m1/s1. The van der Waals surface area contributed by atoms with Crippen LogP contribution >= 0.6 is 0 Å². The Morgan fingerprint density at radius 1 is 1.80 bits per heavy atom. The molecule has 0 aromatic heterocycles. The Bertz CT molecular complexity index is 138. The Morgan fingerprint density at radius 3 is 2.80 bits per heavy atom. The number of hydrogen-bond acceptors (Lipinski definition) is 2. The highest BCUT2D eigenvalue weighted by atomic mass is 16.4. The summed E-state index contributed by atoms with van der Waals surface area (Å²) in [6.07, 6.45) is 0.0963. The summed E-state index contributed by atoms with van der Waals surface area (Å²) in [7, 11) is 0. The van der Waals surface area contributed by atoms with Crippen molar-refractivity contribution in [1.82, 2.24) is 4.90 Å². The summed E-state index contributed by atoms with van der Waals surface area (Å²) in [6, 6.07) is 0. The zero-order valence-corrected chi connectivity index (χ0v) is 5.79. The Morgan fingerprint density at radius 2 is 2.50 bits per heavy atom. The lowest BCUT2D eigenvalue weighted by Crippen LogP contribution is -2.27. The minimum absolute atomic E-state index is 0.385. The molecule has 1 saturated heterocycles. The van der Waals surface area contributed by atoms with Crippen molar-refractivity contribution in [3.05, 3.63) is 0 Å². The number of hydrogen-bond donors (Lipinski definition) is 2. The molecule has 1 aliphatic rings. The summed E-state index contributed by atoms with van der Waals surface area (Å²) < 4.78 is 0. The van der Waals surface area contributed by atoms with E-state index in [1.54, 1.807) is 0 Å². The van der Waals surface area contributed by atoms with Crippen molar-refractivity contribution in [1.29, 1.82) is 0 Å². The van der Waals surface area contributed by atoms with Crippen molar-refractivity contribution in [2.24, 2.45) is 11.7 Å². The van der Waals surface area contributed by atoms with Crippen LogP contribution in [0.5, 0.6) is 0 Å². The first kappa shape index (κ1) is 7.34. The fourth-order valence-corrected chi connectivity index (χ4v) is 1.20. The van der Waals surface area contributed by atoms with Crippen molar-refractivity contribution >= 4 is 6.09 Å². The van der Waals surface area contributed by atoms with Crippen LogP contribution in [-0.2, 0) is 0 Å². The SMILES string of the molecule is NC[C@H]1CCN(C(=O)O)C1. The molecule has 0 unspecified atom stereocenters. The van der Waals surface area contributed by atoms with Crippen molar-refractivity contribution in [3.8, 4) is 0 Å². The van der Waals surface area contributed by atoms with E-state index in [9.17, 15) is 4.79 Å². The Balaban J connectivity index is 2.35. The van der Waals surface area contributed by atoms with E-state index in [-0.39, 0.29) is 0 Å². The van der Waals surface area contributed by atoms with Gasteiger partial charge in [-0.25, -0.2) is 4.79 Å². The minimum Gasteiger partial charge on any atom is -0.465 e. The Hall–Kier alpha value is -0.770. The lowest BCUT2D eigenvalue weighted by Gasteiger charge is -2.10. The first-order chi connectivity index (χ1) is 4.74. The number of carboxylic acid groups (broad SMARTS) is 1. The number of nitrogens with two attached hydrogens (primary N) is 1. The molecule has 4 heteroatoms. The second-order valence-corrected chi connectivity index (χ2v) is 2.62. The Labute approximate surface area is 59.6 Å². The maximum Gasteiger partial charge on any atom is 0.407 e. The first-order valence-corrected chi connectivity index (χ1v) is 3.42. The molecule has 0 aromatic carbocycles. The smallest absolute Gasteiger partial charge is 0.407 e. The van der Waals surface area contributed by atoms with Crippen LogP contribution in [-0.4, -0.2) is 35.7 Å². The predicted molar refractivity (Wildman–Crippen MR) is 36.8 cm³/mol. The third-order valence-corrected chi connectivity index (χ3v) is 1.89. The van der Waals surface area contributed by atoms with Gasteiger partial charge in [0.2, 0.25) is 0 Å². The molecule has 0 radical (unpaired) electrons. The van der Waals surface area contributed by atoms with Gasteiger partial charge in [0.05, 0.1) is 0 Å². The number of nitrogens with zero attached hydrogens (tertiary/aromatic N) is 1. The molecule has 1 amide bonds. The largest absolute Gasteiger partial charge is 0.465 e. The van der Waals surface area contributed by atoms with Crippen LogP contribution in [0.1, 0.15) is 6.42 Å². The fourth-order valence-electron chi connectivity index (χ4n) is 1.20. The van der Waals surface area contributed by atoms with E-state index in [4.69, 9.17) is 10.8 Å². The third kappa shape index (κ3) is 1.39.